The van der Waals surface area contributed by atoms with E-state index in [1.807, 2.05) is 24.6 Å². The number of ether oxygens (including phenoxy) is 1. The van der Waals surface area contributed by atoms with Gasteiger partial charge in [0.15, 0.2) is 5.96 Å². The maximum atomic E-state index is 12.5. The maximum absolute atomic E-state index is 12.5. The van der Waals surface area contributed by atoms with Crippen molar-refractivity contribution in [2.45, 2.75) is 40.0 Å². The summed E-state index contributed by atoms with van der Waals surface area (Å²) in [5.74, 6) is 0.647. The third-order valence-electron chi connectivity index (χ3n) is 3.85. The number of halogens is 3. The summed E-state index contributed by atoms with van der Waals surface area (Å²) in [6, 6.07) is 6.56. The van der Waals surface area contributed by atoms with Gasteiger partial charge in [0.05, 0.1) is 5.69 Å². The number of aliphatic imine (C=N–C) groups is 1. The highest BCUT2D eigenvalue weighted by molar-refractivity contribution is 6.30. The van der Waals surface area contributed by atoms with E-state index in [2.05, 4.69) is 25.5 Å². The number of hydrogen-bond acceptors (Lipinski definition) is 3. The van der Waals surface area contributed by atoms with E-state index in [1.165, 1.54) is 12.1 Å². The molecule has 2 rings (SSSR count). The van der Waals surface area contributed by atoms with E-state index in [1.54, 1.807) is 13.1 Å². The Kier molecular flexibility index (Phi) is 7.84. The first-order valence-electron chi connectivity index (χ1n) is 8.58. The smallest absolute Gasteiger partial charge is 0.387 e. The average Bonchev–Trinajstić information content (AvgIpc) is 2.93. The first-order valence-corrected chi connectivity index (χ1v) is 8.95. The van der Waals surface area contributed by atoms with Crippen LogP contribution in [0.1, 0.15) is 23.4 Å². The molecule has 148 valence electrons. The molecule has 27 heavy (non-hydrogen) atoms. The third-order valence-corrected chi connectivity index (χ3v) is 4.09. The topological polar surface area (TPSA) is 63.5 Å². The van der Waals surface area contributed by atoms with E-state index in [-0.39, 0.29) is 12.3 Å². The first kappa shape index (κ1) is 21.0. The summed E-state index contributed by atoms with van der Waals surface area (Å²) >= 11 is 5.95. The zero-order valence-electron chi connectivity index (χ0n) is 15.6. The van der Waals surface area contributed by atoms with Gasteiger partial charge in [0.25, 0.3) is 0 Å². The molecule has 0 atom stereocenters. The molecule has 0 amide bonds. The number of alkyl halides is 2. The van der Waals surface area contributed by atoms with Crippen molar-refractivity contribution in [3.8, 4) is 5.75 Å². The second kappa shape index (κ2) is 10.1. The van der Waals surface area contributed by atoms with Gasteiger partial charge in [-0.25, -0.2) is 0 Å². The highest BCUT2D eigenvalue weighted by atomic mass is 35.5. The number of guanidine groups is 1. The Bertz CT molecular complexity index is 779. The molecule has 0 aliphatic heterocycles. The fourth-order valence-electron chi connectivity index (χ4n) is 2.63. The van der Waals surface area contributed by atoms with Crippen molar-refractivity contribution in [3.63, 3.8) is 0 Å². The molecule has 0 fully saturated rings. The van der Waals surface area contributed by atoms with Gasteiger partial charge >= 0.3 is 6.61 Å². The summed E-state index contributed by atoms with van der Waals surface area (Å²) in [6.45, 7) is 2.84. The zero-order chi connectivity index (χ0) is 19.8. The van der Waals surface area contributed by atoms with Crippen molar-refractivity contribution in [2.75, 3.05) is 13.6 Å². The normalized spacial score (nSPS) is 11.7. The second-order valence-corrected chi connectivity index (χ2v) is 6.42. The number of aromatic nitrogens is 2. The lowest BCUT2D eigenvalue weighted by Gasteiger charge is -2.15. The van der Waals surface area contributed by atoms with Crippen molar-refractivity contribution in [3.05, 3.63) is 46.2 Å². The van der Waals surface area contributed by atoms with Gasteiger partial charge in [-0.1, -0.05) is 11.6 Å². The molecule has 6 nitrogen and oxygen atoms in total. The number of benzene rings is 1. The molecule has 0 aliphatic rings. The lowest BCUT2D eigenvalue weighted by Crippen LogP contribution is -2.37. The number of nitrogens with zero attached hydrogens (tertiary/aromatic N) is 3. The lowest BCUT2D eigenvalue weighted by molar-refractivity contribution is -0.0504. The fraction of sp³-hybridized carbons (Fsp3) is 0.444. The maximum Gasteiger partial charge on any atom is 0.387 e. The van der Waals surface area contributed by atoms with Gasteiger partial charge in [-0.15, -0.1) is 0 Å². The third kappa shape index (κ3) is 6.71. The minimum Gasteiger partial charge on any atom is -0.434 e. The quantitative estimate of drug-likeness (QED) is 0.405. The van der Waals surface area contributed by atoms with E-state index >= 15 is 0 Å². The van der Waals surface area contributed by atoms with Crippen molar-refractivity contribution < 1.29 is 13.5 Å². The van der Waals surface area contributed by atoms with Gasteiger partial charge in [0.2, 0.25) is 0 Å². The number of aryl methyl sites for hydroxylation is 3. The molecule has 1 aromatic carbocycles. The molecule has 1 aromatic heterocycles. The van der Waals surface area contributed by atoms with Gasteiger partial charge in [-0.05, 0) is 44.5 Å². The van der Waals surface area contributed by atoms with E-state index < -0.39 is 6.61 Å². The Morgan fingerprint density at radius 1 is 1.30 bits per heavy atom. The van der Waals surface area contributed by atoms with Crippen LogP contribution in [0, 0.1) is 13.8 Å². The molecule has 0 spiro atoms. The number of nitrogens with one attached hydrogen (secondary N) is 2. The predicted octanol–water partition coefficient (Wildman–Crippen LogP) is 3.51. The molecule has 0 aliphatic carbocycles. The van der Waals surface area contributed by atoms with Crippen molar-refractivity contribution in [2.24, 2.45) is 4.99 Å². The van der Waals surface area contributed by atoms with Gasteiger partial charge < -0.3 is 15.4 Å². The van der Waals surface area contributed by atoms with E-state index in [4.69, 9.17) is 11.6 Å². The molecular formula is C18H24ClF2N5O. The van der Waals surface area contributed by atoms with Gasteiger partial charge in [0, 0.05) is 43.0 Å². The van der Waals surface area contributed by atoms with Crippen molar-refractivity contribution in [1.29, 1.82) is 0 Å². The standard InChI is InChI=1S/C18H24ClF2N5O/c1-12-9-13(2)26(25-12)8-4-7-23-18(22-3)24-11-14-10-15(19)5-6-16(14)27-17(20)21/h5-6,9-10,17H,4,7-8,11H2,1-3H3,(H2,22,23,24). The van der Waals surface area contributed by atoms with Crippen LogP contribution in [-0.4, -0.2) is 35.9 Å². The van der Waals surface area contributed by atoms with Crippen molar-refractivity contribution in [1.82, 2.24) is 20.4 Å². The molecule has 2 aromatic rings. The molecule has 0 saturated heterocycles. The van der Waals surface area contributed by atoms with Crippen LogP contribution in [0.15, 0.2) is 29.3 Å². The summed E-state index contributed by atoms with van der Waals surface area (Å²) in [6.07, 6.45) is 0.861. The first-order chi connectivity index (χ1) is 12.9. The van der Waals surface area contributed by atoms with Crippen LogP contribution >= 0.6 is 11.6 Å². The van der Waals surface area contributed by atoms with Gasteiger partial charge in [-0.3, -0.25) is 9.67 Å². The molecule has 1 heterocycles. The van der Waals surface area contributed by atoms with E-state index in [0.717, 1.165) is 24.4 Å². The Labute approximate surface area is 162 Å². The second-order valence-electron chi connectivity index (χ2n) is 5.99. The van der Waals surface area contributed by atoms with Crippen LogP contribution < -0.4 is 15.4 Å². The summed E-state index contributed by atoms with van der Waals surface area (Å²) in [5, 5.41) is 11.1. The SMILES string of the molecule is CN=C(NCCCn1nc(C)cc1C)NCc1cc(Cl)ccc1OC(F)F. The Balaban J connectivity index is 1.83. The number of hydrogen-bond donors (Lipinski definition) is 2. The zero-order valence-corrected chi connectivity index (χ0v) is 16.4. The lowest BCUT2D eigenvalue weighted by atomic mass is 10.2. The summed E-state index contributed by atoms with van der Waals surface area (Å²) in [7, 11) is 1.64. The summed E-state index contributed by atoms with van der Waals surface area (Å²) in [4.78, 5) is 4.13. The molecule has 2 N–H and O–H groups in total. The molecular weight excluding hydrogens is 376 g/mol. The minimum absolute atomic E-state index is 0.0851. The van der Waals surface area contributed by atoms with Crippen molar-refractivity contribution >= 4 is 17.6 Å². The molecule has 0 radical (unpaired) electrons. The number of rotatable bonds is 8. The van der Waals surface area contributed by atoms with Crippen LogP contribution in [0.3, 0.4) is 0 Å². The van der Waals surface area contributed by atoms with Gasteiger partial charge in [-0.2, -0.15) is 13.9 Å². The largest absolute Gasteiger partial charge is 0.434 e. The minimum atomic E-state index is -2.89. The Hall–Kier alpha value is -2.35. The molecule has 9 heteroatoms. The highest BCUT2D eigenvalue weighted by Gasteiger charge is 2.11. The van der Waals surface area contributed by atoms with Crippen LogP contribution in [0.25, 0.3) is 0 Å². The van der Waals surface area contributed by atoms with Gasteiger partial charge in [0.1, 0.15) is 5.75 Å². The Morgan fingerprint density at radius 2 is 2.07 bits per heavy atom. The summed E-state index contributed by atoms with van der Waals surface area (Å²) < 4.78 is 31.5. The fourth-order valence-corrected chi connectivity index (χ4v) is 2.83. The van der Waals surface area contributed by atoms with Crippen LogP contribution in [0.5, 0.6) is 5.75 Å². The summed E-state index contributed by atoms with van der Waals surface area (Å²) in [5.41, 5.74) is 2.65. The average molecular weight is 400 g/mol. The predicted molar refractivity (Wildman–Crippen MR) is 103 cm³/mol. The van der Waals surface area contributed by atoms with E-state index in [0.29, 0.717) is 23.1 Å². The highest BCUT2D eigenvalue weighted by Crippen LogP contribution is 2.24. The Morgan fingerprint density at radius 3 is 2.70 bits per heavy atom. The van der Waals surface area contributed by atoms with Crippen LogP contribution in [0.2, 0.25) is 5.02 Å². The monoisotopic (exact) mass is 399 g/mol. The molecule has 0 saturated carbocycles. The van der Waals surface area contributed by atoms with Crippen LogP contribution in [-0.2, 0) is 13.1 Å². The van der Waals surface area contributed by atoms with Crippen LogP contribution in [0.4, 0.5) is 8.78 Å². The molecule has 0 bridgehead atoms. The molecule has 0 unspecified atom stereocenters. The van der Waals surface area contributed by atoms with E-state index in [9.17, 15) is 8.78 Å².